The van der Waals surface area contributed by atoms with Gasteiger partial charge in [0.25, 0.3) is 0 Å². The van der Waals surface area contributed by atoms with Crippen LogP contribution in [0.25, 0.3) is 0 Å². The zero-order valence-corrected chi connectivity index (χ0v) is 9.89. The van der Waals surface area contributed by atoms with Crippen LogP contribution in [0.4, 0.5) is 0 Å². The molecule has 1 aromatic carbocycles. The molecular weight excluding hydrogens is 200 g/mol. The average molecular weight is 220 g/mol. The summed E-state index contributed by atoms with van der Waals surface area (Å²) in [4.78, 5) is 0. The highest BCUT2D eigenvalue weighted by molar-refractivity contribution is 5.13. The zero-order chi connectivity index (χ0) is 11.6. The highest BCUT2D eigenvalue weighted by atomic mass is 16.5. The molecule has 0 bridgehead atoms. The van der Waals surface area contributed by atoms with Crippen molar-refractivity contribution in [2.24, 2.45) is 0 Å². The Hall–Kier alpha value is -1.12. The lowest BCUT2D eigenvalue weighted by Crippen LogP contribution is -2.17. The molecule has 88 valence electrons. The summed E-state index contributed by atoms with van der Waals surface area (Å²) in [5.41, 5.74) is 1.20. The lowest BCUT2D eigenvalue weighted by molar-refractivity contribution is -0.00134. The zero-order valence-electron chi connectivity index (χ0n) is 9.89. The lowest BCUT2D eigenvalue weighted by Gasteiger charge is -2.14. The van der Waals surface area contributed by atoms with Crippen LogP contribution in [0.15, 0.2) is 43.0 Å². The van der Waals surface area contributed by atoms with Crippen LogP contribution in [0.2, 0.25) is 0 Å². The quantitative estimate of drug-likeness (QED) is 0.626. The van der Waals surface area contributed by atoms with E-state index in [2.05, 4.69) is 18.7 Å². The van der Waals surface area contributed by atoms with Crippen LogP contribution in [0.5, 0.6) is 0 Å². The number of benzene rings is 1. The molecule has 0 aliphatic heterocycles. The summed E-state index contributed by atoms with van der Waals surface area (Å²) < 4.78 is 10.9. The maximum absolute atomic E-state index is 5.61. The number of allylic oxidation sites excluding steroid dienone is 1. The minimum Gasteiger partial charge on any atom is -0.379 e. The van der Waals surface area contributed by atoms with E-state index in [1.165, 1.54) is 5.56 Å². The number of methoxy groups -OCH3 is 1. The van der Waals surface area contributed by atoms with Crippen molar-refractivity contribution in [2.45, 2.75) is 25.6 Å². The van der Waals surface area contributed by atoms with Crippen molar-refractivity contribution in [3.63, 3.8) is 0 Å². The fourth-order valence-corrected chi connectivity index (χ4v) is 1.46. The fourth-order valence-electron chi connectivity index (χ4n) is 1.46. The van der Waals surface area contributed by atoms with E-state index in [9.17, 15) is 0 Å². The molecular formula is C14H20O2. The second-order valence-corrected chi connectivity index (χ2v) is 3.72. The lowest BCUT2D eigenvalue weighted by atomic mass is 10.2. The molecule has 0 heterocycles. The van der Waals surface area contributed by atoms with Gasteiger partial charge in [0.05, 0.1) is 19.3 Å². The largest absolute Gasteiger partial charge is 0.379 e. The number of rotatable bonds is 8. The summed E-state index contributed by atoms with van der Waals surface area (Å²) in [6, 6.07) is 10.2. The van der Waals surface area contributed by atoms with Crippen molar-refractivity contribution in [1.29, 1.82) is 0 Å². The molecule has 2 nitrogen and oxygen atoms in total. The Bertz CT molecular complexity index is 282. The molecule has 1 rings (SSSR count). The van der Waals surface area contributed by atoms with Crippen LogP contribution >= 0.6 is 0 Å². The van der Waals surface area contributed by atoms with E-state index >= 15 is 0 Å². The topological polar surface area (TPSA) is 18.5 Å². The minimum atomic E-state index is 0.168. The van der Waals surface area contributed by atoms with Gasteiger partial charge in [0.1, 0.15) is 0 Å². The van der Waals surface area contributed by atoms with E-state index in [1.54, 1.807) is 7.11 Å². The van der Waals surface area contributed by atoms with E-state index in [0.717, 1.165) is 12.8 Å². The predicted molar refractivity (Wildman–Crippen MR) is 66.3 cm³/mol. The SMILES string of the molecule is C=CCCC(COCc1ccccc1)OC. The van der Waals surface area contributed by atoms with Gasteiger partial charge in [-0.25, -0.2) is 0 Å². The Labute approximate surface area is 97.9 Å². The summed E-state index contributed by atoms with van der Waals surface area (Å²) in [7, 11) is 1.72. The molecule has 0 saturated carbocycles. The maximum Gasteiger partial charge on any atom is 0.0807 e. The second-order valence-electron chi connectivity index (χ2n) is 3.72. The smallest absolute Gasteiger partial charge is 0.0807 e. The molecule has 1 atom stereocenters. The van der Waals surface area contributed by atoms with Crippen molar-refractivity contribution in [1.82, 2.24) is 0 Å². The van der Waals surface area contributed by atoms with Gasteiger partial charge in [0.2, 0.25) is 0 Å². The molecule has 16 heavy (non-hydrogen) atoms. The summed E-state index contributed by atoms with van der Waals surface area (Å²) in [6.07, 6.45) is 4.01. The van der Waals surface area contributed by atoms with Gasteiger partial charge in [0, 0.05) is 7.11 Å². The van der Waals surface area contributed by atoms with E-state index < -0.39 is 0 Å². The van der Waals surface area contributed by atoms with Crippen LogP contribution in [0.3, 0.4) is 0 Å². The molecule has 2 heteroatoms. The first-order valence-corrected chi connectivity index (χ1v) is 5.62. The Morgan fingerprint density at radius 1 is 1.31 bits per heavy atom. The highest BCUT2D eigenvalue weighted by Gasteiger charge is 2.05. The van der Waals surface area contributed by atoms with Crippen molar-refractivity contribution < 1.29 is 9.47 Å². The Morgan fingerprint density at radius 2 is 2.06 bits per heavy atom. The third-order valence-electron chi connectivity index (χ3n) is 2.44. The molecule has 0 aliphatic rings. The van der Waals surface area contributed by atoms with Crippen LogP contribution < -0.4 is 0 Å². The van der Waals surface area contributed by atoms with Crippen molar-refractivity contribution in [3.8, 4) is 0 Å². The monoisotopic (exact) mass is 220 g/mol. The summed E-state index contributed by atoms with van der Waals surface area (Å²) in [5.74, 6) is 0. The third-order valence-corrected chi connectivity index (χ3v) is 2.44. The molecule has 0 amide bonds. The van der Waals surface area contributed by atoms with Gasteiger partial charge in [0.15, 0.2) is 0 Å². The first-order valence-electron chi connectivity index (χ1n) is 5.62. The molecule has 0 spiro atoms. The Balaban J connectivity index is 2.20. The molecule has 0 fully saturated rings. The van der Waals surface area contributed by atoms with E-state index in [-0.39, 0.29) is 6.10 Å². The molecule has 0 aliphatic carbocycles. The van der Waals surface area contributed by atoms with Gasteiger partial charge >= 0.3 is 0 Å². The third kappa shape index (κ3) is 5.10. The minimum absolute atomic E-state index is 0.168. The van der Waals surface area contributed by atoms with Crippen molar-refractivity contribution >= 4 is 0 Å². The fraction of sp³-hybridized carbons (Fsp3) is 0.429. The first kappa shape index (κ1) is 12.9. The van der Waals surface area contributed by atoms with Gasteiger partial charge < -0.3 is 9.47 Å². The molecule has 0 aromatic heterocycles. The molecule has 0 N–H and O–H groups in total. The van der Waals surface area contributed by atoms with Gasteiger partial charge in [-0.3, -0.25) is 0 Å². The number of hydrogen-bond donors (Lipinski definition) is 0. The number of hydrogen-bond acceptors (Lipinski definition) is 2. The van der Waals surface area contributed by atoms with Crippen molar-refractivity contribution in [2.75, 3.05) is 13.7 Å². The maximum atomic E-state index is 5.61. The van der Waals surface area contributed by atoms with Crippen LogP contribution in [0, 0.1) is 0 Å². The van der Waals surface area contributed by atoms with Gasteiger partial charge in [-0.05, 0) is 18.4 Å². The van der Waals surface area contributed by atoms with Crippen LogP contribution in [-0.2, 0) is 16.1 Å². The van der Waals surface area contributed by atoms with Crippen molar-refractivity contribution in [3.05, 3.63) is 48.6 Å². The molecule has 1 aromatic rings. The Kier molecular flexibility index (Phi) is 6.54. The van der Waals surface area contributed by atoms with E-state index in [1.807, 2.05) is 24.3 Å². The molecule has 0 saturated heterocycles. The van der Waals surface area contributed by atoms with Crippen LogP contribution in [0.1, 0.15) is 18.4 Å². The highest BCUT2D eigenvalue weighted by Crippen LogP contribution is 2.05. The molecule has 0 radical (unpaired) electrons. The second kappa shape index (κ2) is 8.08. The van der Waals surface area contributed by atoms with E-state index in [4.69, 9.17) is 9.47 Å². The predicted octanol–water partition coefficient (Wildman–Crippen LogP) is 3.18. The summed E-state index contributed by atoms with van der Waals surface area (Å²) in [5, 5.41) is 0. The van der Waals surface area contributed by atoms with Crippen LogP contribution in [-0.4, -0.2) is 19.8 Å². The van der Waals surface area contributed by atoms with Gasteiger partial charge in [-0.1, -0.05) is 36.4 Å². The first-order chi connectivity index (χ1) is 7.86. The normalized spacial score (nSPS) is 12.3. The Morgan fingerprint density at radius 3 is 2.69 bits per heavy atom. The summed E-state index contributed by atoms with van der Waals surface area (Å²) >= 11 is 0. The molecule has 1 unspecified atom stereocenters. The summed E-state index contributed by atoms with van der Waals surface area (Å²) in [6.45, 7) is 4.98. The van der Waals surface area contributed by atoms with Gasteiger partial charge in [-0.2, -0.15) is 0 Å². The average Bonchev–Trinajstić information content (AvgIpc) is 2.35. The van der Waals surface area contributed by atoms with Gasteiger partial charge in [-0.15, -0.1) is 6.58 Å². The van der Waals surface area contributed by atoms with E-state index in [0.29, 0.717) is 13.2 Å². The standard InChI is InChI=1S/C14H20O2/c1-3-4-10-14(15-2)12-16-11-13-8-6-5-7-9-13/h3,5-9,14H,1,4,10-12H2,2H3. The number of ether oxygens (including phenoxy) is 2.